The van der Waals surface area contributed by atoms with Crippen LogP contribution < -0.4 is 4.90 Å². The average Bonchev–Trinajstić information content (AvgIpc) is 3.03. The summed E-state index contributed by atoms with van der Waals surface area (Å²) in [6, 6.07) is 0. The zero-order valence-electron chi connectivity index (χ0n) is 14.1. The molecule has 1 unspecified atom stereocenters. The van der Waals surface area contributed by atoms with Crippen molar-refractivity contribution in [1.29, 1.82) is 0 Å². The molecule has 2 saturated heterocycles. The van der Waals surface area contributed by atoms with E-state index in [0.29, 0.717) is 18.2 Å². The maximum absolute atomic E-state index is 12.8. The molecule has 0 aliphatic carbocycles. The van der Waals surface area contributed by atoms with Crippen molar-refractivity contribution in [3.05, 3.63) is 12.0 Å². The van der Waals surface area contributed by atoms with Crippen LogP contribution in [0.2, 0.25) is 0 Å². The second kappa shape index (κ2) is 6.37. The van der Waals surface area contributed by atoms with E-state index in [4.69, 9.17) is 4.52 Å². The summed E-state index contributed by atoms with van der Waals surface area (Å²) in [5, 5.41) is 4.86. The third kappa shape index (κ3) is 2.72. The number of hydrogen-bond acceptors (Lipinski definition) is 6. The van der Waals surface area contributed by atoms with E-state index in [1.807, 2.05) is 6.92 Å². The first-order valence-corrected chi connectivity index (χ1v) is 8.85. The van der Waals surface area contributed by atoms with Crippen molar-refractivity contribution < 1.29 is 9.32 Å². The number of likely N-dealkylation sites (tertiary alicyclic amines) is 1. The zero-order chi connectivity index (χ0) is 16.5. The molecular formula is C17H23N5O2. The fraction of sp³-hybridized carbons (Fsp3) is 0.647. The molecule has 0 N–H and O–H groups in total. The Morgan fingerprint density at radius 1 is 1.17 bits per heavy atom. The number of piperidine rings is 2. The van der Waals surface area contributed by atoms with Gasteiger partial charge >= 0.3 is 0 Å². The normalized spacial score (nSPS) is 22.1. The number of amides is 1. The molecule has 2 aromatic heterocycles. The number of rotatable bonds is 2. The Morgan fingerprint density at radius 2 is 2.00 bits per heavy atom. The van der Waals surface area contributed by atoms with Gasteiger partial charge in [-0.15, -0.1) is 0 Å². The third-order valence-corrected chi connectivity index (χ3v) is 5.16. The van der Waals surface area contributed by atoms with E-state index in [1.165, 1.54) is 12.7 Å². The molecule has 1 atom stereocenters. The van der Waals surface area contributed by atoms with Crippen LogP contribution in [0.15, 0.2) is 10.9 Å². The fourth-order valence-electron chi connectivity index (χ4n) is 3.89. The number of fused-ring (bicyclic) bond motifs is 1. The second-order valence-electron chi connectivity index (χ2n) is 6.82. The standard InChI is InChI=1S/C17H23N5O2/c1-12-14-15(18-11-19-16(14)24-20-12)22-9-5-6-13(10-22)17(23)21-7-3-2-4-8-21/h11,13H,2-10H2,1H3. The van der Waals surface area contributed by atoms with Crippen molar-refractivity contribution in [3.63, 3.8) is 0 Å². The highest BCUT2D eigenvalue weighted by Gasteiger charge is 2.31. The molecule has 7 heteroatoms. The van der Waals surface area contributed by atoms with Gasteiger partial charge in [0.05, 0.1) is 11.6 Å². The maximum Gasteiger partial charge on any atom is 0.263 e. The quantitative estimate of drug-likeness (QED) is 0.840. The van der Waals surface area contributed by atoms with E-state index >= 15 is 0 Å². The molecule has 0 saturated carbocycles. The minimum Gasteiger partial charge on any atom is -0.355 e. The molecule has 2 aliphatic heterocycles. The Labute approximate surface area is 141 Å². The SMILES string of the molecule is Cc1noc2ncnc(N3CCCC(C(=O)N4CCCCC4)C3)c12. The monoisotopic (exact) mass is 329 g/mol. The highest BCUT2D eigenvalue weighted by atomic mass is 16.5. The summed E-state index contributed by atoms with van der Waals surface area (Å²) in [4.78, 5) is 25.7. The van der Waals surface area contributed by atoms with E-state index in [0.717, 1.165) is 62.2 Å². The van der Waals surface area contributed by atoms with Gasteiger partial charge in [-0.05, 0) is 39.0 Å². The van der Waals surface area contributed by atoms with Crippen molar-refractivity contribution in [3.8, 4) is 0 Å². The van der Waals surface area contributed by atoms with Crippen molar-refractivity contribution in [2.75, 3.05) is 31.1 Å². The third-order valence-electron chi connectivity index (χ3n) is 5.16. The Hall–Kier alpha value is -2.18. The number of aromatic nitrogens is 3. The molecule has 0 aromatic carbocycles. The van der Waals surface area contributed by atoms with Gasteiger partial charge in [0.15, 0.2) is 0 Å². The molecule has 0 radical (unpaired) electrons. The second-order valence-corrected chi connectivity index (χ2v) is 6.82. The first kappa shape index (κ1) is 15.4. The minimum absolute atomic E-state index is 0.0574. The lowest BCUT2D eigenvalue weighted by molar-refractivity contribution is -0.136. The van der Waals surface area contributed by atoms with Crippen LogP contribution in [0.25, 0.3) is 11.1 Å². The van der Waals surface area contributed by atoms with Gasteiger partial charge in [0.1, 0.15) is 17.5 Å². The maximum atomic E-state index is 12.8. The van der Waals surface area contributed by atoms with Gasteiger partial charge in [0.25, 0.3) is 5.71 Å². The van der Waals surface area contributed by atoms with Crippen molar-refractivity contribution in [2.45, 2.75) is 39.0 Å². The molecular weight excluding hydrogens is 306 g/mol. The fourth-order valence-corrected chi connectivity index (χ4v) is 3.89. The molecule has 1 amide bonds. The van der Waals surface area contributed by atoms with Gasteiger partial charge in [-0.1, -0.05) is 5.16 Å². The van der Waals surface area contributed by atoms with Crippen LogP contribution in [0.5, 0.6) is 0 Å². The van der Waals surface area contributed by atoms with E-state index in [2.05, 4.69) is 24.9 Å². The Kier molecular flexibility index (Phi) is 4.08. The van der Waals surface area contributed by atoms with Gasteiger partial charge < -0.3 is 14.3 Å². The zero-order valence-corrected chi connectivity index (χ0v) is 14.1. The summed E-state index contributed by atoms with van der Waals surface area (Å²) in [5.74, 6) is 1.21. The van der Waals surface area contributed by atoms with Gasteiger partial charge in [-0.2, -0.15) is 4.98 Å². The Balaban J connectivity index is 1.56. The van der Waals surface area contributed by atoms with Gasteiger partial charge in [0, 0.05) is 26.2 Å². The first-order chi connectivity index (χ1) is 11.7. The molecule has 4 heterocycles. The molecule has 24 heavy (non-hydrogen) atoms. The van der Waals surface area contributed by atoms with E-state index < -0.39 is 0 Å². The highest BCUT2D eigenvalue weighted by Crippen LogP contribution is 2.30. The van der Waals surface area contributed by atoms with Crippen LogP contribution in [0.3, 0.4) is 0 Å². The number of hydrogen-bond donors (Lipinski definition) is 0. The van der Waals surface area contributed by atoms with E-state index in [9.17, 15) is 4.79 Å². The van der Waals surface area contributed by atoms with Crippen LogP contribution in [0, 0.1) is 12.8 Å². The van der Waals surface area contributed by atoms with Crippen molar-refractivity contribution in [2.24, 2.45) is 5.92 Å². The summed E-state index contributed by atoms with van der Waals surface area (Å²) < 4.78 is 5.25. The molecule has 0 spiro atoms. The lowest BCUT2D eigenvalue weighted by Gasteiger charge is -2.36. The summed E-state index contributed by atoms with van der Waals surface area (Å²) >= 11 is 0. The summed E-state index contributed by atoms with van der Waals surface area (Å²) in [6.07, 6.45) is 6.98. The number of aryl methyl sites for hydroxylation is 1. The Bertz CT molecular complexity index is 738. The highest BCUT2D eigenvalue weighted by molar-refractivity contribution is 5.88. The predicted octanol–water partition coefficient (Wildman–Crippen LogP) is 2.16. The smallest absolute Gasteiger partial charge is 0.263 e. The van der Waals surface area contributed by atoms with Crippen LogP contribution in [0.1, 0.15) is 37.8 Å². The molecule has 2 aliphatic rings. The minimum atomic E-state index is 0.0574. The van der Waals surface area contributed by atoms with Gasteiger partial charge in [-0.25, -0.2) is 4.98 Å². The van der Waals surface area contributed by atoms with Crippen LogP contribution >= 0.6 is 0 Å². The predicted molar refractivity (Wildman–Crippen MR) is 89.7 cm³/mol. The Morgan fingerprint density at radius 3 is 2.83 bits per heavy atom. The summed E-state index contributed by atoms with van der Waals surface area (Å²) in [5.41, 5.74) is 1.31. The average molecular weight is 329 g/mol. The number of carbonyl (C=O) groups is 1. The van der Waals surface area contributed by atoms with Gasteiger partial charge in [-0.3, -0.25) is 4.79 Å². The lowest BCUT2D eigenvalue weighted by atomic mass is 9.95. The van der Waals surface area contributed by atoms with Crippen LogP contribution in [0.4, 0.5) is 5.82 Å². The molecule has 4 rings (SSSR count). The van der Waals surface area contributed by atoms with Crippen LogP contribution in [-0.2, 0) is 4.79 Å². The molecule has 128 valence electrons. The van der Waals surface area contributed by atoms with Crippen molar-refractivity contribution in [1.82, 2.24) is 20.0 Å². The van der Waals surface area contributed by atoms with Crippen molar-refractivity contribution >= 4 is 22.8 Å². The number of anilines is 1. The molecule has 2 fully saturated rings. The number of carbonyl (C=O) groups excluding carboxylic acids is 1. The first-order valence-electron chi connectivity index (χ1n) is 8.85. The van der Waals surface area contributed by atoms with Crippen LogP contribution in [-0.4, -0.2) is 52.1 Å². The number of nitrogens with zero attached hydrogens (tertiary/aromatic N) is 5. The lowest BCUT2D eigenvalue weighted by Crippen LogP contribution is -2.46. The molecule has 7 nitrogen and oxygen atoms in total. The summed E-state index contributed by atoms with van der Waals surface area (Å²) in [7, 11) is 0. The summed E-state index contributed by atoms with van der Waals surface area (Å²) in [6.45, 7) is 5.35. The molecule has 0 bridgehead atoms. The molecule has 2 aromatic rings. The van der Waals surface area contributed by atoms with Gasteiger partial charge in [0.2, 0.25) is 5.91 Å². The van der Waals surface area contributed by atoms with E-state index in [1.54, 1.807) is 0 Å². The topological polar surface area (TPSA) is 75.4 Å². The van der Waals surface area contributed by atoms with E-state index in [-0.39, 0.29) is 5.92 Å². The largest absolute Gasteiger partial charge is 0.355 e.